The summed E-state index contributed by atoms with van der Waals surface area (Å²) in [5.41, 5.74) is 6.09. The number of primary amides is 1. The highest BCUT2D eigenvalue weighted by molar-refractivity contribution is 5.86. The number of ether oxygens (including phenoxy) is 1. The van der Waals surface area contributed by atoms with Crippen LogP contribution in [0.25, 0.3) is 0 Å². The van der Waals surface area contributed by atoms with Gasteiger partial charge in [-0.25, -0.2) is 4.79 Å². The quantitative estimate of drug-likeness (QED) is 0.461. The zero-order valence-electron chi connectivity index (χ0n) is 14.9. The van der Waals surface area contributed by atoms with Crippen molar-refractivity contribution in [1.29, 1.82) is 0 Å². The lowest BCUT2D eigenvalue weighted by atomic mass is 10.1. The molecular weight excluding hydrogens is 338 g/mol. The summed E-state index contributed by atoms with van der Waals surface area (Å²) >= 11 is 0. The minimum atomic E-state index is -1.10. The van der Waals surface area contributed by atoms with Crippen molar-refractivity contribution in [3.63, 3.8) is 0 Å². The number of nitrogens with one attached hydrogen (secondary N) is 2. The Morgan fingerprint density at radius 3 is 2.54 bits per heavy atom. The van der Waals surface area contributed by atoms with Gasteiger partial charge in [0.15, 0.2) is 0 Å². The number of unbranched alkanes of at least 4 members (excludes halogenated alkanes) is 1. The number of rotatable bonds is 11. The molecule has 3 amide bonds. The number of nitrogens with two attached hydrogens (primary N) is 1. The van der Waals surface area contributed by atoms with E-state index in [4.69, 9.17) is 10.5 Å². The second-order valence-electron chi connectivity index (χ2n) is 5.97. The first-order valence-electron chi connectivity index (χ1n) is 8.63. The molecule has 144 valence electrons. The van der Waals surface area contributed by atoms with Crippen LogP contribution in [0.1, 0.15) is 38.2 Å². The molecule has 0 saturated carbocycles. The molecule has 8 nitrogen and oxygen atoms in total. The number of carbonyl (C=O) groups is 3. The maximum atomic E-state index is 11.9. The first-order valence-corrected chi connectivity index (χ1v) is 8.63. The van der Waals surface area contributed by atoms with E-state index in [0.717, 1.165) is 18.4 Å². The number of aliphatic hydroxyl groups is 1. The minimum absolute atomic E-state index is 0.112. The van der Waals surface area contributed by atoms with Crippen LogP contribution in [0.5, 0.6) is 0 Å². The molecule has 0 heterocycles. The molecule has 1 rings (SSSR count). The van der Waals surface area contributed by atoms with E-state index in [1.165, 1.54) is 0 Å². The van der Waals surface area contributed by atoms with Crippen molar-refractivity contribution < 1.29 is 24.2 Å². The molecule has 5 N–H and O–H groups in total. The molecule has 0 unspecified atom stereocenters. The van der Waals surface area contributed by atoms with E-state index >= 15 is 0 Å². The van der Waals surface area contributed by atoms with Gasteiger partial charge in [-0.3, -0.25) is 9.59 Å². The molecule has 0 spiro atoms. The van der Waals surface area contributed by atoms with Gasteiger partial charge in [0.2, 0.25) is 11.8 Å². The van der Waals surface area contributed by atoms with Crippen LogP contribution in [0.2, 0.25) is 0 Å². The highest BCUT2D eigenvalue weighted by Gasteiger charge is 2.19. The number of alkyl carbamates (subject to hydrolysis) is 1. The van der Waals surface area contributed by atoms with Crippen LogP contribution in [-0.2, 0) is 20.9 Å². The Morgan fingerprint density at radius 1 is 1.23 bits per heavy atom. The van der Waals surface area contributed by atoms with Gasteiger partial charge in [0.1, 0.15) is 12.6 Å². The molecule has 0 aliphatic carbocycles. The third-order valence-corrected chi connectivity index (χ3v) is 3.64. The maximum Gasteiger partial charge on any atom is 0.407 e. The lowest BCUT2D eigenvalue weighted by Gasteiger charge is -2.17. The van der Waals surface area contributed by atoms with E-state index in [0.29, 0.717) is 6.42 Å². The van der Waals surface area contributed by atoms with Crippen LogP contribution in [0.15, 0.2) is 30.3 Å². The van der Waals surface area contributed by atoms with Crippen LogP contribution in [0.3, 0.4) is 0 Å². The summed E-state index contributed by atoms with van der Waals surface area (Å²) in [6.07, 6.45) is 0.0417. The smallest absolute Gasteiger partial charge is 0.407 e. The summed E-state index contributed by atoms with van der Waals surface area (Å²) in [6, 6.07) is 8.41. The molecule has 1 aromatic rings. The Morgan fingerprint density at radius 2 is 1.92 bits per heavy atom. The SMILES string of the molecule is CCCC[C@@H](NC(=O)C[C@H](O)CNC(=O)OCc1ccccc1)C(N)=O. The summed E-state index contributed by atoms with van der Waals surface area (Å²) < 4.78 is 5.00. The standard InChI is InChI=1S/C18H27N3O5/c1-2-3-9-15(17(19)24)21-16(23)10-14(22)11-20-18(25)26-12-13-7-5-4-6-8-13/h4-8,14-15,22H,2-3,9-12H2,1H3,(H2,19,24)(H,20,25)(H,21,23)/t14-,15+/m0/s1. The number of aliphatic hydroxyl groups excluding tert-OH is 1. The van der Waals surface area contributed by atoms with Gasteiger partial charge in [-0.2, -0.15) is 0 Å². The Bertz CT molecular complexity index is 579. The lowest BCUT2D eigenvalue weighted by molar-refractivity contribution is -0.128. The Labute approximate surface area is 153 Å². The molecule has 0 saturated heterocycles. The molecule has 0 aliphatic rings. The molecule has 0 aliphatic heterocycles. The summed E-state index contributed by atoms with van der Waals surface area (Å²) in [4.78, 5) is 34.8. The predicted molar refractivity (Wildman–Crippen MR) is 95.9 cm³/mol. The molecular formula is C18H27N3O5. The van der Waals surface area contributed by atoms with Crippen molar-refractivity contribution in [3.8, 4) is 0 Å². The van der Waals surface area contributed by atoms with Gasteiger partial charge in [0.05, 0.1) is 12.5 Å². The highest BCUT2D eigenvalue weighted by Crippen LogP contribution is 2.02. The van der Waals surface area contributed by atoms with Gasteiger partial charge in [-0.05, 0) is 12.0 Å². The minimum Gasteiger partial charge on any atom is -0.445 e. The third kappa shape index (κ3) is 9.03. The summed E-state index contributed by atoms with van der Waals surface area (Å²) in [5, 5.41) is 14.7. The monoisotopic (exact) mass is 365 g/mol. The average Bonchev–Trinajstić information content (AvgIpc) is 2.62. The summed E-state index contributed by atoms with van der Waals surface area (Å²) in [7, 11) is 0. The van der Waals surface area contributed by atoms with E-state index in [1.807, 2.05) is 37.3 Å². The fourth-order valence-electron chi connectivity index (χ4n) is 2.21. The first-order chi connectivity index (χ1) is 12.4. The lowest BCUT2D eigenvalue weighted by Crippen LogP contribution is -2.46. The van der Waals surface area contributed by atoms with Gasteiger partial charge < -0.3 is 26.2 Å². The van der Waals surface area contributed by atoms with Crippen LogP contribution in [0.4, 0.5) is 4.79 Å². The normalized spacial score (nSPS) is 12.7. The Kier molecular flexibility index (Phi) is 9.78. The first kappa shape index (κ1) is 21.4. The number of amides is 3. The van der Waals surface area contributed by atoms with Gasteiger partial charge in [-0.1, -0.05) is 50.1 Å². The topological polar surface area (TPSA) is 131 Å². The van der Waals surface area contributed by atoms with E-state index in [1.54, 1.807) is 0 Å². The number of benzene rings is 1. The number of hydrogen-bond donors (Lipinski definition) is 4. The van der Waals surface area contributed by atoms with Crippen LogP contribution >= 0.6 is 0 Å². The van der Waals surface area contributed by atoms with Gasteiger partial charge in [0.25, 0.3) is 0 Å². The number of hydrogen-bond acceptors (Lipinski definition) is 5. The third-order valence-electron chi connectivity index (χ3n) is 3.64. The molecule has 0 radical (unpaired) electrons. The zero-order chi connectivity index (χ0) is 19.4. The van der Waals surface area contributed by atoms with Crippen molar-refractivity contribution in [3.05, 3.63) is 35.9 Å². The van der Waals surface area contributed by atoms with Gasteiger partial charge in [0, 0.05) is 6.54 Å². The molecule has 0 bridgehead atoms. The second-order valence-corrected chi connectivity index (χ2v) is 5.97. The fourth-order valence-corrected chi connectivity index (χ4v) is 2.21. The van der Waals surface area contributed by atoms with E-state index in [-0.39, 0.29) is 19.6 Å². The maximum absolute atomic E-state index is 11.9. The summed E-state index contributed by atoms with van der Waals surface area (Å²) in [6.45, 7) is 1.93. The van der Waals surface area contributed by atoms with E-state index in [9.17, 15) is 19.5 Å². The Balaban J connectivity index is 2.27. The van der Waals surface area contributed by atoms with Crippen molar-refractivity contribution in [2.75, 3.05) is 6.54 Å². The van der Waals surface area contributed by atoms with Crippen LogP contribution in [0, 0.1) is 0 Å². The summed E-state index contributed by atoms with van der Waals surface area (Å²) in [5.74, 6) is -1.11. The van der Waals surface area contributed by atoms with E-state index in [2.05, 4.69) is 10.6 Å². The van der Waals surface area contributed by atoms with Crippen LogP contribution in [-0.4, -0.2) is 41.7 Å². The average molecular weight is 365 g/mol. The molecule has 1 aromatic carbocycles. The van der Waals surface area contributed by atoms with E-state index < -0.39 is 30.1 Å². The molecule has 26 heavy (non-hydrogen) atoms. The predicted octanol–water partition coefficient (Wildman–Crippen LogP) is 0.824. The molecule has 2 atom stereocenters. The van der Waals surface area contributed by atoms with Crippen molar-refractivity contribution in [1.82, 2.24) is 10.6 Å². The second kappa shape index (κ2) is 11.9. The molecule has 0 fully saturated rings. The highest BCUT2D eigenvalue weighted by atomic mass is 16.5. The number of carbonyl (C=O) groups excluding carboxylic acids is 3. The largest absolute Gasteiger partial charge is 0.445 e. The van der Waals surface area contributed by atoms with Crippen LogP contribution < -0.4 is 16.4 Å². The van der Waals surface area contributed by atoms with Gasteiger partial charge >= 0.3 is 6.09 Å². The zero-order valence-corrected chi connectivity index (χ0v) is 14.9. The molecule has 8 heteroatoms. The van der Waals surface area contributed by atoms with Gasteiger partial charge in [-0.15, -0.1) is 0 Å². The van der Waals surface area contributed by atoms with Crippen molar-refractivity contribution >= 4 is 17.9 Å². The Hall–Kier alpha value is -2.61. The fraction of sp³-hybridized carbons (Fsp3) is 0.500. The molecule has 0 aromatic heterocycles. The van der Waals surface area contributed by atoms with Crippen molar-refractivity contribution in [2.45, 2.75) is 51.4 Å². The van der Waals surface area contributed by atoms with Crippen molar-refractivity contribution in [2.24, 2.45) is 5.73 Å².